The molecule has 18 heavy (non-hydrogen) atoms. The van der Waals surface area contributed by atoms with Gasteiger partial charge in [-0.15, -0.1) is 0 Å². The first-order chi connectivity index (χ1) is 8.69. The van der Waals surface area contributed by atoms with Crippen molar-refractivity contribution >= 4 is 11.6 Å². The molecule has 3 unspecified atom stereocenters. The SMILES string of the molecule is CCn1nc(C)c(Cl)c1CNC1CC2CCC1C2. The zero-order valence-corrected chi connectivity index (χ0v) is 12.0. The van der Waals surface area contributed by atoms with Gasteiger partial charge in [0.15, 0.2) is 0 Å². The molecule has 2 aliphatic rings. The summed E-state index contributed by atoms with van der Waals surface area (Å²) >= 11 is 6.33. The molecule has 0 amide bonds. The van der Waals surface area contributed by atoms with Gasteiger partial charge in [-0.3, -0.25) is 4.68 Å². The number of rotatable bonds is 4. The highest BCUT2D eigenvalue weighted by atomic mass is 35.5. The third kappa shape index (κ3) is 2.08. The fraction of sp³-hybridized carbons (Fsp3) is 0.786. The molecule has 1 N–H and O–H groups in total. The van der Waals surface area contributed by atoms with Crippen LogP contribution in [0.15, 0.2) is 0 Å². The molecule has 2 aliphatic carbocycles. The lowest BCUT2D eigenvalue weighted by Gasteiger charge is -2.23. The number of aryl methyl sites for hydroxylation is 2. The van der Waals surface area contributed by atoms with Gasteiger partial charge in [0.1, 0.15) is 0 Å². The Balaban J connectivity index is 1.66. The molecule has 2 saturated carbocycles. The molecule has 2 bridgehead atoms. The molecule has 3 nitrogen and oxygen atoms in total. The fourth-order valence-electron chi connectivity index (χ4n) is 3.76. The van der Waals surface area contributed by atoms with Gasteiger partial charge in [0.25, 0.3) is 0 Å². The number of hydrogen-bond donors (Lipinski definition) is 1. The third-order valence-electron chi connectivity index (χ3n) is 4.72. The number of aromatic nitrogens is 2. The van der Waals surface area contributed by atoms with Crippen LogP contribution < -0.4 is 5.32 Å². The first-order valence-electron chi connectivity index (χ1n) is 7.14. The van der Waals surface area contributed by atoms with Gasteiger partial charge in [-0.1, -0.05) is 18.0 Å². The zero-order chi connectivity index (χ0) is 12.7. The van der Waals surface area contributed by atoms with Gasteiger partial charge in [-0.25, -0.2) is 0 Å². The van der Waals surface area contributed by atoms with Crippen molar-refractivity contribution in [1.82, 2.24) is 15.1 Å². The van der Waals surface area contributed by atoms with E-state index in [1.165, 1.54) is 25.7 Å². The molecule has 1 aromatic heterocycles. The molecular formula is C14H22ClN3. The lowest BCUT2D eigenvalue weighted by atomic mass is 9.95. The monoisotopic (exact) mass is 267 g/mol. The molecule has 0 saturated heterocycles. The molecule has 0 aromatic carbocycles. The Labute approximate surface area is 114 Å². The number of nitrogens with one attached hydrogen (secondary N) is 1. The van der Waals surface area contributed by atoms with Gasteiger partial charge in [-0.2, -0.15) is 5.10 Å². The molecule has 100 valence electrons. The zero-order valence-electron chi connectivity index (χ0n) is 11.2. The van der Waals surface area contributed by atoms with Crippen LogP contribution in [0.1, 0.15) is 44.0 Å². The lowest BCUT2D eigenvalue weighted by Crippen LogP contribution is -2.34. The van der Waals surface area contributed by atoms with E-state index in [4.69, 9.17) is 11.6 Å². The normalized spacial score (nSPS) is 30.3. The first kappa shape index (κ1) is 12.5. The maximum Gasteiger partial charge on any atom is 0.0860 e. The molecule has 1 heterocycles. The van der Waals surface area contributed by atoms with Gasteiger partial charge in [0.2, 0.25) is 0 Å². The van der Waals surface area contributed by atoms with Gasteiger partial charge >= 0.3 is 0 Å². The Bertz CT molecular complexity index is 440. The van der Waals surface area contributed by atoms with E-state index in [0.29, 0.717) is 6.04 Å². The van der Waals surface area contributed by atoms with Crippen LogP contribution in [-0.4, -0.2) is 15.8 Å². The number of nitrogens with zero attached hydrogens (tertiary/aromatic N) is 2. The van der Waals surface area contributed by atoms with Crippen LogP contribution in [0.3, 0.4) is 0 Å². The Morgan fingerprint density at radius 3 is 2.83 bits per heavy atom. The molecule has 0 aliphatic heterocycles. The van der Waals surface area contributed by atoms with Crippen LogP contribution in [0.2, 0.25) is 5.02 Å². The minimum atomic E-state index is 0.709. The topological polar surface area (TPSA) is 29.9 Å². The molecule has 2 fully saturated rings. The largest absolute Gasteiger partial charge is 0.308 e. The number of halogens is 1. The molecule has 1 aromatic rings. The molecule has 4 heteroatoms. The smallest absolute Gasteiger partial charge is 0.0860 e. The Hall–Kier alpha value is -0.540. The Morgan fingerprint density at radius 1 is 1.39 bits per heavy atom. The molecule has 0 spiro atoms. The summed E-state index contributed by atoms with van der Waals surface area (Å²) in [6.45, 7) is 5.85. The van der Waals surface area contributed by atoms with Gasteiger partial charge in [0, 0.05) is 19.1 Å². The fourth-order valence-corrected chi connectivity index (χ4v) is 3.96. The second-order valence-corrected chi connectivity index (χ2v) is 6.20. The van der Waals surface area contributed by atoms with Crippen LogP contribution >= 0.6 is 11.6 Å². The molecular weight excluding hydrogens is 246 g/mol. The van der Waals surface area contributed by atoms with Crippen molar-refractivity contribution in [2.75, 3.05) is 0 Å². The van der Waals surface area contributed by atoms with E-state index < -0.39 is 0 Å². The number of hydrogen-bond acceptors (Lipinski definition) is 2. The average molecular weight is 268 g/mol. The van der Waals surface area contributed by atoms with Gasteiger partial charge < -0.3 is 5.32 Å². The summed E-state index contributed by atoms with van der Waals surface area (Å²) in [6.07, 6.45) is 5.68. The summed E-state index contributed by atoms with van der Waals surface area (Å²) in [7, 11) is 0. The molecule has 0 radical (unpaired) electrons. The summed E-state index contributed by atoms with van der Waals surface area (Å²) in [6, 6.07) is 0.709. The van der Waals surface area contributed by atoms with Crippen molar-refractivity contribution < 1.29 is 0 Å². The van der Waals surface area contributed by atoms with Crippen molar-refractivity contribution in [1.29, 1.82) is 0 Å². The van der Waals surface area contributed by atoms with Crippen LogP contribution in [0.5, 0.6) is 0 Å². The summed E-state index contributed by atoms with van der Waals surface area (Å²) < 4.78 is 2.03. The third-order valence-corrected chi connectivity index (χ3v) is 5.21. The molecule has 3 atom stereocenters. The van der Waals surface area contributed by atoms with Gasteiger partial charge in [0.05, 0.1) is 16.4 Å². The standard InChI is InChI=1S/C14H22ClN3/c1-3-18-13(14(15)9(2)17-18)8-16-12-7-10-4-5-11(12)6-10/h10-12,16H,3-8H2,1-2H3. The Kier molecular flexibility index (Phi) is 3.37. The summed E-state index contributed by atoms with van der Waals surface area (Å²) in [4.78, 5) is 0. The summed E-state index contributed by atoms with van der Waals surface area (Å²) in [5.74, 6) is 1.90. The van der Waals surface area contributed by atoms with Gasteiger partial charge in [-0.05, 0) is 44.9 Å². The Morgan fingerprint density at radius 2 is 2.22 bits per heavy atom. The van der Waals surface area contributed by atoms with E-state index in [0.717, 1.165) is 41.3 Å². The van der Waals surface area contributed by atoms with Crippen LogP contribution in [-0.2, 0) is 13.1 Å². The van der Waals surface area contributed by atoms with Crippen LogP contribution in [0.4, 0.5) is 0 Å². The van der Waals surface area contributed by atoms with Crippen molar-refractivity contribution in [2.45, 2.75) is 58.7 Å². The number of fused-ring (bicyclic) bond motifs is 2. The van der Waals surface area contributed by atoms with E-state index >= 15 is 0 Å². The van der Waals surface area contributed by atoms with Crippen molar-refractivity contribution in [3.8, 4) is 0 Å². The quantitative estimate of drug-likeness (QED) is 0.908. The van der Waals surface area contributed by atoms with Crippen LogP contribution in [0.25, 0.3) is 0 Å². The minimum absolute atomic E-state index is 0.709. The van der Waals surface area contributed by atoms with E-state index in [9.17, 15) is 0 Å². The second-order valence-electron chi connectivity index (χ2n) is 5.82. The second kappa shape index (κ2) is 4.86. The minimum Gasteiger partial charge on any atom is -0.308 e. The highest BCUT2D eigenvalue weighted by Gasteiger charge is 2.39. The van der Waals surface area contributed by atoms with Crippen molar-refractivity contribution in [3.05, 3.63) is 16.4 Å². The van der Waals surface area contributed by atoms with Crippen molar-refractivity contribution in [2.24, 2.45) is 11.8 Å². The average Bonchev–Trinajstić information content (AvgIpc) is 3.04. The van der Waals surface area contributed by atoms with E-state index in [1.54, 1.807) is 0 Å². The summed E-state index contributed by atoms with van der Waals surface area (Å²) in [5.41, 5.74) is 2.10. The first-order valence-corrected chi connectivity index (χ1v) is 7.52. The lowest BCUT2D eigenvalue weighted by molar-refractivity contribution is 0.346. The maximum absolute atomic E-state index is 6.33. The van der Waals surface area contributed by atoms with E-state index in [2.05, 4.69) is 17.3 Å². The maximum atomic E-state index is 6.33. The predicted molar refractivity (Wildman–Crippen MR) is 73.7 cm³/mol. The highest BCUT2D eigenvalue weighted by Crippen LogP contribution is 2.44. The highest BCUT2D eigenvalue weighted by molar-refractivity contribution is 6.31. The summed E-state index contributed by atoms with van der Waals surface area (Å²) in [5, 5.41) is 9.02. The predicted octanol–water partition coefficient (Wildman–Crippen LogP) is 3.14. The van der Waals surface area contributed by atoms with E-state index in [-0.39, 0.29) is 0 Å². The van der Waals surface area contributed by atoms with Crippen LogP contribution in [0, 0.1) is 18.8 Å². The van der Waals surface area contributed by atoms with Crippen molar-refractivity contribution in [3.63, 3.8) is 0 Å². The van der Waals surface area contributed by atoms with E-state index in [1.807, 2.05) is 11.6 Å². The molecule has 3 rings (SSSR count).